The normalized spacial score (nSPS) is 19.9. The van der Waals surface area contributed by atoms with Gasteiger partial charge in [-0.05, 0) is 26.7 Å². The van der Waals surface area contributed by atoms with E-state index in [1.165, 1.54) is 0 Å². The molecular weight excluding hydrogens is 249 g/mol. The highest BCUT2D eigenvalue weighted by Crippen LogP contribution is 2.25. The molecule has 4 nitrogen and oxygen atoms in total. The molecule has 0 aliphatic carbocycles. The van der Waals surface area contributed by atoms with Crippen LogP contribution in [0.4, 0.5) is 13.2 Å². The summed E-state index contributed by atoms with van der Waals surface area (Å²) in [5, 5.41) is 0. The molecule has 0 unspecified atom stereocenters. The van der Waals surface area contributed by atoms with Gasteiger partial charge in [0.25, 0.3) is 0 Å². The molecule has 0 saturated carbocycles. The number of alkyl halides is 3. The summed E-state index contributed by atoms with van der Waals surface area (Å²) in [6.07, 6.45) is -3.90. The fourth-order valence-corrected chi connectivity index (χ4v) is 1.92. The van der Waals surface area contributed by atoms with E-state index in [1.807, 2.05) is 0 Å². The van der Waals surface area contributed by atoms with Gasteiger partial charge in [0, 0.05) is 19.3 Å². The topological polar surface area (TPSA) is 55.6 Å². The first-order valence-corrected chi connectivity index (χ1v) is 5.90. The van der Waals surface area contributed by atoms with E-state index < -0.39 is 30.2 Å². The minimum absolute atomic E-state index is 0.257. The molecule has 0 aromatic rings. The van der Waals surface area contributed by atoms with Crippen LogP contribution in [-0.2, 0) is 9.53 Å². The van der Waals surface area contributed by atoms with E-state index >= 15 is 0 Å². The number of rotatable bonds is 3. The number of nitrogens with zero attached hydrogens (tertiary/aromatic N) is 1. The summed E-state index contributed by atoms with van der Waals surface area (Å²) >= 11 is 0. The molecule has 7 heteroatoms. The van der Waals surface area contributed by atoms with Gasteiger partial charge in [-0.3, -0.25) is 4.79 Å². The summed E-state index contributed by atoms with van der Waals surface area (Å²) in [6, 6.07) is -0.539. The molecule has 2 N–H and O–H groups in total. The van der Waals surface area contributed by atoms with Crippen LogP contribution in [0.1, 0.15) is 26.7 Å². The van der Waals surface area contributed by atoms with Crippen LogP contribution in [0.25, 0.3) is 0 Å². The molecule has 0 aromatic carbocycles. The third-order valence-electron chi connectivity index (χ3n) is 3.04. The standard InChI is InChI=1S/C11H19F3N2O2/c1-8(2)16(7-11(12,13)14)9(17)10(15)3-5-18-6-4-10/h8H,3-7,15H2,1-2H3. The van der Waals surface area contributed by atoms with Gasteiger partial charge in [-0.2, -0.15) is 13.2 Å². The average molecular weight is 268 g/mol. The van der Waals surface area contributed by atoms with E-state index in [4.69, 9.17) is 10.5 Å². The van der Waals surface area contributed by atoms with Crippen LogP contribution < -0.4 is 5.73 Å². The molecule has 18 heavy (non-hydrogen) atoms. The summed E-state index contributed by atoms with van der Waals surface area (Å²) in [4.78, 5) is 13.0. The first-order valence-electron chi connectivity index (χ1n) is 5.90. The van der Waals surface area contributed by atoms with Crippen LogP contribution >= 0.6 is 0 Å². The van der Waals surface area contributed by atoms with Gasteiger partial charge in [-0.15, -0.1) is 0 Å². The van der Waals surface area contributed by atoms with Crippen molar-refractivity contribution in [3.8, 4) is 0 Å². The van der Waals surface area contributed by atoms with Crippen molar-refractivity contribution in [2.75, 3.05) is 19.8 Å². The lowest BCUT2D eigenvalue weighted by atomic mass is 9.89. The molecule has 1 fully saturated rings. The Hall–Kier alpha value is -0.820. The van der Waals surface area contributed by atoms with E-state index in [-0.39, 0.29) is 12.8 Å². The first kappa shape index (κ1) is 15.2. The van der Waals surface area contributed by atoms with Crippen molar-refractivity contribution >= 4 is 5.91 Å². The van der Waals surface area contributed by atoms with Crippen LogP contribution in [0, 0.1) is 0 Å². The smallest absolute Gasteiger partial charge is 0.381 e. The fraction of sp³-hybridized carbons (Fsp3) is 0.909. The molecule has 0 radical (unpaired) electrons. The Kier molecular flexibility index (Phi) is 4.61. The molecule has 0 atom stereocenters. The molecule has 0 bridgehead atoms. The maximum Gasteiger partial charge on any atom is 0.406 e. The van der Waals surface area contributed by atoms with E-state index in [0.717, 1.165) is 4.90 Å². The Morgan fingerprint density at radius 3 is 2.28 bits per heavy atom. The Morgan fingerprint density at radius 2 is 1.89 bits per heavy atom. The maximum absolute atomic E-state index is 12.5. The van der Waals surface area contributed by atoms with Gasteiger partial charge >= 0.3 is 6.18 Å². The molecule has 1 aliphatic rings. The van der Waals surface area contributed by atoms with E-state index in [2.05, 4.69) is 0 Å². The Balaban J connectivity index is 2.82. The lowest BCUT2D eigenvalue weighted by Gasteiger charge is -2.38. The number of hydrogen-bond donors (Lipinski definition) is 1. The van der Waals surface area contributed by atoms with Gasteiger partial charge in [0.1, 0.15) is 6.54 Å². The molecule has 1 amide bonds. The molecular formula is C11H19F3N2O2. The van der Waals surface area contributed by atoms with E-state index in [1.54, 1.807) is 13.8 Å². The zero-order chi connectivity index (χ0) is 14.0. The highest BCUT2D eigenvalue weighted by atomic mass is 19.4. The van der Waals surface area contributed by atoms with Gasteiger partial charge in [-0.1, -0.05) is 0 Å². The highest BCUT2D eigenvalue weighted by Gasteiger charge is 2.43. The Morgan fingerprint density at radius 1 is 1.39 bits per heavy atom. The summed E-state index contributed by atoms with van der Waals surface area (Å²) in [5.41, 5.74) is 4.69. The number of carbonyl (C=O) groups excluding carboxylic acids is 1. The first-order chi connectivity index (χ1) is 8.16. The number of amides is 1. The second-order valence-corrected chi connectivity index (χ2v) is 4.91. The Labute approximate surface area is 104 Å². The minimum atomic E-state index is -4.42. The van der Waals surface area contributed by atoms with Gasteiger partial charge in [0.15, 0.2) is 0 Å². The van der Waals surface area contributed by atoms with Crippen LogP contribution in [0.3, 0.4) is 0 Å². The third kappa shape index (κ3) is 3.84. The Bertz CT molecular complexity index is 299. The predicted octanol–water partition coefficient (Wildman–Crippen LogP) is 1.29. The third-order valence-corrected chi connectivity index (χ3v) is 3.04. The second kappa shape index (κ2) is 5.44. The monoisotopic (exact) mass is 268 g/mol. The van der Waals surface area contributed by atoms with Crippen molar-refractivity contribution in [1.29, 1.82) is 0 Å². The van der Waals surface area contributed by atoms with E-state index in [0.29, 0.717) is 13.2 Å². The second-order valence-electron chi connectivity index (χ2n) is 4.91. The van der Waals surface area contributed by atoms with Crippen LogP contribution in [0.5, 0.6) is 0 Å². The number of hydrogen-bond acceptors (Lipinski definition) is 3. The largest absolute Gasteiger partial charge is 0.406 e. The van der Waals surface area contributed by atoms with Gasteiger partial charge in [0.2, 0.25) is 5.91 Å². The number of ether oxygens (including phenoxy) is 1. The van der Waals surface area contributed by atoms with Gasteiger partial charge in [-0.25, -0.2) is 0 Å². The fourth-order valence-electron chi connectivity index (χ4n) is 1.92. The minimum Gasteiger partial charge on any atom is -0.381 e. The lowest BCUT2D eigenvalue weighted by Crippen LogP contribution is -2.60. The summed E-state index contributed by atoms with van der Waals surface area (Å²) in [5.74, 6) is -0.641. The predicted molar refractivity (Wildman–Crippen MR) is 59.9 cm³/mol. The summed E-state index contributed by atoms with van der Waals surface area (Å²) in [7, 11) is 0. The van der Waals surface area contributed by atoms with Crippen molar-refractivity contribution in [2.45, 2.75) is 44.4 Å². The average Bonchev–Trinajstić information content (AvgIpc) is 2.24. The van der Waals surface area contributed by atoms with Crippen molar-refractivity contribution in [2.24, 2.45) is 5.73 Å². The maximum atomic E-state index is 12.5. The van der Waals surface area contributed by atoms with Crippen molar-refractivity contribution in [3.05, 3.63) is 0 Å². The molecule has 0 spiro atoms. The molecule has 106 valence electrons. The lowest BCUT2D eigenvalue weighted by molar-refractivity contribution is -0.170. The van der Waals surface area contributed by atoms with Crippen molar-refractivity contribution in [1.82, 2.24) is 4.90 Å². The molecule has 1 heterocycles. The molecule has 0 aromatic heterocycles. The highest BCUT2D eigenvalue weighted by molar-refractivity contribution is 5.86. The van der Waals surface area contributed by atoms with Crippen LogP contribution in [-0.4, -0.2) is 48.3 Å². The molecule has 1 rings (SSSR count). The zero-order valence-electron chi connectivity index (χ0n) is 10.6. The van der Waals surface area contributed by atoms with Gasteiger partial charge in [0.05, 0.1) is 5.54 Å². The van der Waals surface area contributed by atoms with Crippen molar-refractivity contribution < 1.29 is 22.7 Å². The SMILES string of the molecule is CC(C)N(CC(F)(F)F)C(=O)C1(N)CCOCC1. The van der Waals surface area contributed by atoms with Crippen molar-refractivity contribution in [3.63, 3.8) is 0 Å². The number of nitrogens with two attached hydrogens (primary N) is 1. The van der Waals surface area contributed by atoms with E-state index in [9.17, 15) is 18.0 Å². The summed E-state index contributed by atoms with van der Waals surface area (Å²) in [6.45, 7) is 2.45. The quantitative estimate of drug-likeness (QED) is 0.839. The molecule has 1 aliphatic heterocycles. The zero-order valence-corrected chi connectivity index (χ0v) is 10.6. The van der Waals surface area contributed by atoms with Crippen LogP contribution in [0.2, 0.25) is 0 Å². The molecule has 1 saturated heterocycles. The summed E-state index contributed by atoms with van der Waals surface area (Å²) < 4.78 is 42.5. The van der Waals surface area contributed by atoms with Crippen LogP contribution in [0.15, 0.2) is 0 Å². The van der Waals surface area contributed by atoms with Gasteiger partial charge < -0.3 is 15.4 Å². The number of carbonyl (C=O) groups is 1. The number of halogens is 3.